The third-order valence-electron chi connectivity index (χ3n) is 3.98. The number of hydrazine groups is 1. The minimum atomic E-state index is 0.746. The summed E-state index contributed by atoms with van der Waals surface area (Å²) in [6.45, 7) is 5.63. The van der Waals surface area contributed by atoms with Crippen molar-refractivity contribution in [1.29, 1.82) is 0 Å². The molecule has 4 heteroatoms. The fourth-order valence-electron chi connectivity index (χ4n) is 2.96. The average molecular weight is 262 g/mol. The van der Waals surface area contributed by atoms with Crippen LogP contribution in [0.1, 0.15) is 44.7 Å². The molecule has 1 saturated heterocycles. The van der Waals surface area contributed by atoms with Gasteiger partial charge in [-0.25, -0.2) is 10.8 Å². The summed E-state index contributed by atoms with van der Waals surface area (Å²) in [5, 5.41) is 0. The number of nitrogens with one attached hydrogen (secondary N) is 1. The molecular formula is C15H26N4. The molecule has 1 aromatic heterocycles. The molecule has 1 aliphatic rings. The Labute approximate surface area is 116 Å². The Morgan fingerprint density at radius 3 is 3.05 bits per heavy atom. The molecule has 4 nitrogen and oxygen atoms in total. The van der Waals surface area contributed by atoms with Crippen molar-refractivity contribution in [1.82, 2.24) is 9.88 Å². The van der Waals surface area contributed by atoms with Crippen LogP contribution in [0.2, 0.25) is 0 Å². The number of rotatable bonds is 5. The van der Waals surface area contributed by atoms with Crippen molar-refractivity contribution in [3.8, 4) is 0 Å². The van der Waals surface area contributed by atoms with Gasteiger partial charge in [0.15, 0.2) is 0 Å². The highest BCUT2D eigenvalue weighted by molar-refractivity contribution is 5.33. The lowest BCUT2D eigenvalue weighted by Crippen LogP contribution is -2.25. The van der Waals surface area contributed by atoms with Crippen LogP contribution >= 0.6 is 0 Å². The summed E-state index contributed by atoms with van der Waals surface area (Å²) in [5.41, 5.74) is 3.71. The van der Waals surface area contributed by atoms with E-state index in [4.69, 9.17) is 5.84 Å². The van der Waals surface area contributed by atoms with E-state index in [-0.39, 0.29) is 0 Å². The predicted octanol–water partition coefficient (Wildman–Crippen LogP) is 2.77. The molecular weight excluding hydrogens is 236 g/mol. The van der Waals surface area contributed by atoms with Gasteiger partial charge in [0, 0.05) is 6.54 Å². The van der Waals surface area contributed by atoms with E-state index in [1.165, 1.54) is 45.2 Å². The first-order valence-corrected chi connectivity index (χ1v) is 7.46. The van der Waals surface area contributed by atoms with Gasteiger partial charge in [-0.3, -0.25) is 4.90 Å². The number of nitrogens with zero attached hydrogens (tertiary/aromatic N) is 2. The number of hydrogen-bond acceptors (Lipinski definition) is 4. The molecule has 1 unspecified atom stereocenters. The summed E-state index contributed by atoms with van der Waals surface area (Å²) >= 11 is 0. The molecule has 3 N–H and O–H groups in total. The highest BCUT2D eigenvalue weighted by atomic mass is 15.3. The Morgan fingerprint density at radius 2 is 2.26 bits per heavy atom. The van der Waals surface area contributed by atoms with E-state index >= 15 is 0 Å². The van der Waals surface area contributed by atoms with Crippen molar-refractivity contribution < 1.29 is 0 Å². The number of pyridine rings is 1. The topological polar surface area (TPSA) is 54.2 Å². The number of aromatic nitrogens is 1. The molecule has 0 aliphatic carbocycles. The maximum atomic E-state index is 5.40. The Kier molecular flexibility index (Phi) is 5.61. The lowest BCUT2D eigenvalue weighted by atomic mass is 9.96. The van der Waals surface area contributed by atoms with Crippen molar-refractivity contribution in [2.75, 3.05) is 18.5 Å². The van der Waals surface area contributed by atoms with Crippen LogP contribution in [-0.2, 0) is 6.54 Å². The zero-order valence-electron chi connectivity index (χ0n) is 11.9. The van der Waals surface area contributed by atoms with E-state index in [9.17, 15) is 0 Å². The predicted molar refractivity (Wildman–Crippen MR) is 79.6 cm³/mol. The lowest BCUT2D eigenvalue weighted by molar-refractivity contribution is 0.268. The van der Waals surface area contributed by atoms with Gasteiger partial charge in [0.1, 0.15) is 5.82 Å². The first kappa shape index (κ1) is 14.3. The van der Waals surface area contributed by atoms with Crippen molar-refractivity contribution in [2.45, 2.75) is 45.6 Å². The molecule has 2 rings (SSSR count). The Hall–Kier alpha value is -1.13. The zero-order chi connectivity index (χ0) is 13.5. The molecule has 1 aliphatic heterocycles. The van der Waals surface area contributed by atoms with Gasteiger partial charge in [0.2, 0.25) is 0 Å². The number of nitrogens with two attached hydrogens (primary N) is 1. The summed E-state index contributed by atoms with van der Waals surface area (Å²) in [5.74, 6) is 7.08. The highest BCUT2D eigenvalue weighted by Gasteiger charge is 2.16. The average Bonchev–Trinajstić information content (AvgIpc) is 2.65. The second-order valence-corrected chi connectivity index (χ2v) is 5.52. The molecule has 0 spiro atoms. The molecule has 0 aromatic carbocycles. The maximum absolute atomic E-state index is 5.40. The number of anilines is 1. The van der Waals surface area contributed by atoms with Crippen LogP contribution in [0.3, 0.4) is 0 Å². The Balaban J connectivity index is 1.88. The van der Waals surface area contributed by atoms with Gasteiger partial charge in [0.05, 0.1) is 5.69 Å². The van der Waals surface area contributed by atoms with Gasteiger partial charge in [-0.1, -0.05) is 25.8 Å². The third-order valence-corrected chi connectivity index (χ3v) is 3.98. The van der Waals surface area contributed by atoms with Crippen molar-refractivity contribution >= 4 is 5.82 Å². The van der Waals surface area contributed by atoms with Crippen LogP contribution in [-0.4, -0.2) is 23.0 Å². The summed E-state index contributed by atoms with van der Waals surface area (Å²) in [7, 11) is 0. The molecule has 0 radical (unpaired) electrons. The minimum Gasteiger partial charge on any atom is -0.308 e. The normalized spacial score (nSPS) is 21.1. The summed E-state index contributed by atoms with van der Waals surface area (Å²) in [4.78, 5) is 7.02. The molecule has 1 atom stereocenters. The quantitative estimate of drug-likeness (QED) is 0.633. The number of likely N-dealkylation sites (tertiary alicyclic amines) is 1. The molecule has 0 amide bonds. The van der Waals surface area contributed by atoms with Crippen LogP contribution in [0.5, 0.6) is 0 Å². The third kappa shape index (κ3) is 4.48. The van der Waals surface area contributed by atoms with E-state index in [0.29, 0.717) is 0 Å². The van der Waals surface area contributed by atoms with E-state index in [1.807, 2.05) is 12.1 Å². The van der Waals surface area contributed by atoms with Crippen LogP contribution < -0.4 is 11.3 Å². The van der Waals surface area contributed by atoms with E-state index in [1.54, 1.807) is 0 Å². The molecule has 2 heterocycles. The maximum Gasteiger partial charge on any atom is 0.140 e. The number of nitrogen functional groups attached to an aromatic ring is 1. The zero-order valence-corrected chi connectivity index (χ0v) is 11.9. The van der Waals surface area contributed by atoms with Crippen LogP contribution in [0.4, 0.5) is 5.82 Å². The molecule has 106 valence electrons. The van der Waals surface area contributed by atoms with Gasteiger partial charge in [-0.05, 0) is 50.4 Å². The minimum absolute atomic E-state index is 0.746. The van der Waals surface area contributed by atoms with E-state index in [2.05, 4.69) is 28.3 Å². The monoisotopic (exact) mass is 262 g/mol. The fraction of sp³-hybridized carbons (Fsp3) is 0.667. The molecule has 1 aromatic rings. The Bertz CT molecular complexity index is 380. The van der Waals surface area contributed by atoms with Crippen LogP contribution in [0.15, 0.2) is 18.2 Å². The first-order valence-electron chi connectivity index (χ1n) is 7.46. The molecule has 19 heavy (non-hydrogen) atoms. The van der Waals surface area contributed by atoms with Gasteiger partial charge >= 0.3 is 0 Å². The van der Waals surface area contributed by atoms with Crippen LogP contribution in [0, 0.1) is 5.92 Å². The first-order chi connectivity index (χ1) is 9.31. The standard InChI is InChI=1S/C15H26N4/c1-2-5-13-6-4-10-19(11-9-13)12-14-7-3-8-15(17-14)18-16/h3,7-8,13H,2,4-6,9-12,16H2,1H3,(H,17,18). The molecule has 0 saturated carbocycles. The van der Waals surface area contributed by atoms with Gasteiger partial charge in [0.25, 0.3) is 0 Å². The largest absolute Gasteiger partial charge is 0.308 e. The van der Waals surface area contributed by atoms with Crippen molar-refractivity contribution in [2.24, 2.45) is 11.8 Å². The Morgan fingerprint density at radius 1 is 1.37 bits per heavy atom. The summed E-state index contributed by atoms with van der Waals surface area (Å²) < 4.78 is 0. The van der Waals surface area contributed by atoms with E-state index in [0.717, 1.165) is 24.0 Å². The van der Waals surface area contributed by atoms with Crippen molar-refractivity contribution in [3.63, 3.8) is 0 Å². The summed E-state index contributed by atoms with van der Waals surface area (Å²) in [6, 6.07) is 5.98. The molecule has 1 fully saturated rings. The van der Waals surface area contributed by atoms with Crippen molar-refractivity contribution in [3.05, 3.63) is 23.9 Å². The second kappa shape index (κ2) is 7.46. The van der Waals surface area contributed by atoms with Gasteiger partial charge in [-0.2, -0.15) is 0 Å². The number of hydrogen-bond donors (Lipinski definition) is 2. The SMILES string of the molecule is CCCC1CCCN(Cc2cccc(NN)n2)CC1. The highest BCUT2D eigenvalue weighted by Crippen LogP contribution is 2.22. The molecule has 0 bridgehead atoms. The second-order valence-electron chi connectivity index (χ2n) is 5.52. The van der Waals surface area contributed by atoms with Crippen LogP contribution in [0.25, 0.3) is 0 Å². The van der Waals surface area contributed by atoms with Gasteiger partial charge < -0.3 is 5.43 Å². The fourth-order valence-corrected chi connectivity index (χ4v) is 2.96. The lowest BCUT2D eigenvalue weighted by Gasteiger charge is -2.20. The van der Waals surface area contributed by atoms with E-state index < -0.39 is 0 Å². The van der Waals surface area contributed by atoms with Gasteiger partial charge in [-0.15, -0.1) is 0 Å². The summed E-state index contributed by atoms with van der Waals surface area (Å²) in [6.07, 6.45) is 6.75. The smallest absolute Gasteiger partial charge is 0.140 e.